The van der Waals surface area contributed by atoms with E-state index >= 15 is 0 Å². The summed E-state index contributed by atoms with van der Waals surface area (Å²) in [7, 11) is 0. The first kappa shape index (κ1) is 15.8. The first-order valence-corrected chi connectivity index (χ1v) is 7.28. The van der Waals surface area contributed by atoms with Crippen LogP contribution in [0.25, 0.3) is 5.69 Å². The lowest BCUT2D eigenvalue weighted by Gasteiger charge is -2.12. The Morgan fingerprint density at radius 3 is 2.41 bits per heavy atom. The molecule has 1 N–H and O–H groups in total. The maximum absolute atomic E-state index is 11.9. The SMILES string of the molecule is CCOC(=O)[C@@H](C)NC(=O)Cc1ccc(-n2cccc2)cc1. The summed E-state index contributed by atoms with van der Waals surface area (Å²) in [5, 5.41) is 2.64. The maximum atomic E-state index is 11.9. The Bertz CT molecular complexity index is 618. The van der Waals surface area contributed by atoms with E-state index in [4.69, 9.17) is 4.74 Å². The van der Waals surface area contributed by atoms with Gasteiger partial charge in [-0.1, -0.05) is 12.1 Å². The number of rotatable bonds is 6. The molecule has 116 valence electrons. The third kappa shape index (κ3) is 4.22. The number of hydrogen-bond acceptors (Lipinski definition) is 3. The summed E-state index contributed by atoms with van der Waals surface area (Å²) in [4.78, 5) is 23.4. The number of aromatic nitrogens is 1. The number of ether oxygens (including phenoxy) is 1. The Morgan fingerprint density at radius 1 is 1.18 bits per heavy atom. The lowest BCUT2D eigenvalue weighted by molar-refractivity contribution is -0.146. The van der Waals surface area contributed by atoms with Gasteiger partial charge in [-0.25, -0.2) is 4.79 Å². The molecule has 0 aliphatic heterocycles. The highest BCUT2D eigenvalue weighted by Gasteiger charge is 2.16. The molecule has 0 aliphatic carbocycles. The number of carbonyl (C=O) groups excluding carboxylic acids is 2. The standard InChI is InChI=1S/C17H20N2O3/c1-3-22-17(21)13(2)18-16(20)12-14-6-8-15(9-7-14)19-10-4-5-11-19/h4-11,13H,3,12H2,1-2H3,(H,18,20)/t13-/m1/s1. The highest BCUT2D eigenvalue weighted by atomic mass is 16.5. The second-order valence-corrected chi connectivity index (χ2v) is 4.97. The van der Waals surface area contributed by atoms with E-state index < -0.39 is 12.0 Å². The van der Waals surface area contributed by atoms with Crippen LogP contribution < -0.4 is 5.32 Å². The Morgan fingerprint density at radius 2 is 1.82 bits per heavy atom. The monoisotopic (exact) mass is 300 g/mol. The van der Waals surface area contributed by atoms with E-state index in [1.165, 1.54) is 0 Å². The molecule has 5 nitrogen and oxygen atoms in total. The quantitative estimate of drug-likeness (QED) is 0.831. The Kier molecular flexibility index (Phi) is 5.36. The molecule has 0 aliphatic rings. The van der Waals surface area contributed by atoms with Crippen molar-refractivity contribution in [3.63, 3.8) is 0 Å². The number of hydrogen-bond donors (Lipinski definition) is 1. The number of carbonyl (C=O) groups is 2. The fourth-order valence-corrected chi connectivity index (χ4v) is 2.10. The van der Waals surface area contributed by atoms with Crippen LogP contribution in [0.3, 0.4) is 0 Å². The molecule has 1 amide bonds. The van der Waals surface area contributed by atoms with Crippen LogP contribution in [-0.2, 0) is 20.7 Å². The van der Waals surface area contributed by atoms with Crippen LogP contribution >= 0.6 is 0 Å². The van der Waals surface area contributed by atoms with Crippen molar-refractivity contribution >= 4 is 11.9 Å². The lowest BCUT2D eigenvalue weighted by atomic mass is 10.1. The van der Waals surface area contributed by atoms with Gasteiger partial charge in [0.05, 0.1) is 13.0 Å². The normalized spacial score (nSPS) is 11.7. The molecule has 1 aromatic heterocycles. The molecule has 1 heterocycles. The van der Waals surface area contributed by atoms with Crippen LogP contribution in [0.2, 0.25) is 0 Å². The van der Waals surface area contributed by atoms with Gasteiger partial charge >= 0.3 is 5.97 Å². The Balaban J connectivity index is 1.90. The average molecular weight is 300 g/mol. The molecule has 0 radical (unpaired) electrons. The maximum Gasteiger partial charge on any atom is 0.328 e. The van der Waals surface area contributed by atoms with E-state index in [2.05, 4.69) is 5.32 Å². The molecule has 1 aromatic carbocycles. The third-order valence-corrected chi connectivity index (χ3v) is 3.22. The van der Waals surface area contributed by atoms with E-state index in [1.54, 1.807) is 13.8 Å². The minimum atomic E-state index is -0.633. The van der Waals surface area contributed by atoms with Gasteiger partial charge < -0.3 is 14.6 Å². The van der Waals surface area contributed by atoms with Gasteiger partial charge in [-0.05, 0) is 43.7 Å². The minimum absolute atomic E-state index is 0.200. The third-order valence-electron chi connectivity index (χ3n) is 3.22. The van der Waals surface area contributed by atoms with E-state index in [-0.39, 0.29) is 12.3 Å². The predicted molar refractivity (Wildman–Crippen MR) is 83.7 cm³/mol. The fourth-order valence-electron chi connectivity index (χ4n) is 2.10. The molecular weight excluding hydrogens is 280 g/mol. The van der Waals surface area contributed by atoms with Gasteiger partial charge in [0.2, 0.25) is 5.91 Å². The van der Waals surface area contributed by atoms with Gasteiger partial charge in [0.25, 0.3) is 0 Å². The molecular formula is C17H20N2O3. The number of amides is 1. The summed E-state index contributed by atoms with van der Waals surface area (Å²) >= 11 is 0. The first-order valence-electron chi connectivity index (χ1n) is 7.28. The summed E-state index contributed by atoms with van der Waals surface area (Å²) in [6.45, 7) is 3.66. The van der Waals surface area contributed by atoms with Crippen LogP contribution in [0.5, 0.6) is 0 Å². The van der Waals surface area contributed by atoms with Crippen molar-refractivity contribution in [2.75, 3.05) is 6.61 Å². The van der Waals surface area contributed by atoms with Crippen molar-refractivity contribution < 1.29 is 14.3 Å². The zero-order chi connectivity index (χ0) is 15.9. The van der Waals surface area contributed by atoms with Crippen LogP contribution in [0.15, 0.2) is 48.8 Å². The molecule has 1 atom stereocenters. The van der Waals surface area contributed by atoms with Crippen LogP contribution in [0.4, 0.5) is 0 Å². The van der Waals surface area contributed by atoms with Crippen molar-refractivity contribution in [1.82, 2.24) is 9.88 Å². The lowest BCUT2D eigenvalue weighted by Crippen LogP contribution is -2.40. The summed E-state index contributed by atoms with van der Waals surface area (Å²) in [6.07, 6.45) is 4.15. The molecule has 0 bridgehead atoms. The second-order valence-electron chi connectivity index (χ2n) is 4.97. The van der Waals surface area contributed by atoms with Crippen molar-refractivity contribution in [2.24, 2.45) is 0 Å². The highest BCUT2D eigenvalue weighted by molar-refractivity contribution is 5.85. The molecule has 22 heavy (non-hydrogen) atoms. The van der Waals surface area contributed by atoms with Gasteiger partial charge in [0.1, 0.15) is 6.04 Å². The molecule has 2 rings (SSSR count). The topological polar surface area (TPSA) is 60.3 Å². The van der Waals surface area contributed by atoms with Gasteiger partial charge in [-0.15, -0.1) is 0 Å². The molecule has 0 saturated carbocycles. The molecule has 2 aromatic rings. The van der Waals surface area contributed by atoms with Gasteiger partial charge in [-0.3, -0.25) is 4.79 Å². The Labute approximate surface area is 129 Å². The number of nitrogens with zero attached hydrogens (tertiary/aromatic N) is 1. The number of nitrogens with one attached hydrogen (secondary N) is 1. The molecule has 0 unspecified atom stereocenters. The van der Waals surface area contributed by atoms with E-state index in [0.717, 1.165) is 11.3 Å². The molecule has 0 saturated heterocycles. The average Bonchev–Trinajstić information content (AvgIpc) is 3.02. The smallest absolute Gasteiger partial charge is 0.328 e. The van der Waals surface area contributed by atoms with Crippen LogP contribution in [-0.4, -0.2) is 29.1 Å². The van der Waals surface area contributed by atoms with Crippen molar-refractivity contribution in [3.05, 3.63) is 54.4 Å². The Hall–Kier alpha value is -2.56. The van der Waals surface area contributed by atoms with Crippen LogP contribution in [0, 0.1) is 0 Å². The zero-order valence-corrected chi connectivity index (χ0v) is 12.8. The minimum Gasteiger partial charge on any atom is -0.464 e. The largest absolute Gasteiger partial charge is 0.464 e. The molecule has 5 heteroatoms. The van der Waals surface area contributed by atoms with E-state index in [9.17, 15) is 9.59 Å². The van der Waals surface area contributed by atoms with E-state index in [0.29, 0.717) is 6.61 Å². The predicted octanol–water partition coefficient (Wildman–Crippen LogP) is 2.09. The second kappa shape index (κ2) is 7.45. The summed E-state index contributed by atoms with van der Waals surface area (Å²) in [5.41, 5.74) is 1.93. The number of esters is 1. The number of benzene rings is 1. The van der Waals surface area contributed by atoms with Crippen molar-refractivity contribution in [2.45, 2.75) is 26.3 Å². The summed E-state index contributed by atoms with van der Waals surface area (Å²) in [6, 6.07) is 11.0. The van der Waals surface area contributed by atoms with Crippen molar-refractivity contribution in [3.8, 4) is 5.69 Å². The first-order chi connectivity index (χ1) is 10.6. The van der Waals surface area contributed by atoms with Gasteiger partial charge in [-0.2, -0.15) is 0 Å². The van der Waals surface area contributed by atoms with Gasteiger partial charge in [0, 0.05) is 18.1 Å². The summed E-state index contributed by atoms with van der Waals surface area (Å²) in [5.74, 6) is -0.618. The molecule has 0 fully saturated rings. The van der Waals surface area contributed by atoms with Crippen molar-refractivity contribution in [1.29, 1.82) is 0 Å². The van der Waals surface area contributed by atoms with Gasteiger partial charge in [0.15, 0.2) is 0 Å². The zero-order valence-electron chi connectivity index (χ0n) is 12.8. The highest BCUT2D eigenvalue weighted by Crippen LogP contribution is 2.10. The fraction of sp³-hybridized carbons (Fsp3) is 0.294. The summed E-state index contributed by atoms with van der Waals surface area (Å²) < 4.78 is 6.85. The van der Waals surface area contributed by atoms with Crippen LogP contribution in [0.1, 0.15) is 19.4 Å². The van der Waals surface area contributed by atoms with E-state index in [1.807, 2.05) is 53.4 Å². The molecule has 0 spiro atoms.